The lowest BCUT2D eigenvalue weighted by Gasteiger charge is -1.98. The fraction of sp³-hybridized carbons (Fsp3) is 0.364. The molecule has 0 aliphatic rings. The van der Waals surface area contributed by atoms with Gasteiger partial charge in [0.1, 0.15) is 5.76 Å². The summed E-state index contributed by atoms with van der Waals surface area (Å²) < 4.78 is 5.26. The molecule has 0 bridgehead atoms. The van der Waals surface area contributed by atoms with Gasteiger partial charge in [-0.15, -0.1) is 12.3 Å². The van der Waals surface area contributed by atoms with Gasteiger partial charge in [0.2, 0.25) is 0 Å². The quantitative estimate of drug-likeness (QED) is 0.580. The molecule has 3 heteroatoms. The summed E-state index contributed by atoms with van der Waals surface area (Å²) in [5.74, 6) is 3.40. The predicted octanol–water partition coefficient (Wildman–Crippen LogP) is 1.60. The molecule has 74 valence electrons. The van der Waals surface area contributed by atoms with Gasteiger partial charge in [0.15, 0.2) is 5.76 Å². The molecule has 0 saturated heterocycles. The molecule has 1 heterocycles. The number of terminal acetylenes is 1. The van der Waals surface area contributed by atoms with Crippen molar-refractivity contribution in [1.29, 1.82) is 0 Å². The van der Waals surface area contributed by atoms with Crippen LogP contribution >= 0.6 is 0 Å². The van der Waals surface area contributed by atoms with Gasteiger partial charge in [-0.25, -0.2) is 0 Å². The second kappa shape index (κ2) is 5.13. The maximum absolute atomic E-state index is 11.4. The van der Waals surface area contributed by atoms with Crippen molar-refractivity contribution in [2.45, 2.75) is 19.8 Å². The summed E-state index contributed by atoms with van der Waals surface area (Å²) in [6.07, 6.45) is 6.38. The third-order valence-corrected chi connectivity index (χ3v) is 1.79. The molecule has 1 N–H and O–H groups in total. The van der Waals surface area contributed by atoms with E-state index in [0.29, 0.717) is 18.7 Å². The van der Waals surface area contributed by atoms with Crippen LogP contribution in [0.15, 0.2) is 16.5 Å². The van der Waals surface area contributed by atoms with E-state index in [1.165, 1.54) is 0 Å². The van der Waals surface area contributed by atoms with Crippen LogP contribution in [0.2, 0.25) is 0 Å². The zero-order valence-corrected chi connectivity index (χ0v) is 8.17. The molecule has 0 aliphatic heterocycles. The SMILES string of the molecule is C#CCCNC(=O)c1ccc(CC)o1. The Balaban J connectivity index is 2.48. The average molecular weight is 191 g/mol. The van der Waals surface area contributed by atoms with Crippen molar-refractivity contribution in [2.75, 3.05) is 6.54 Å². The van der Waals surface area contributed by atoms with E-state index in [2.05, 4.69) is 11.2 Å². The smallest absolute Gasteiger partial charge is 0.287 e. The van der Waals surface area contributed by atoms with Crippen molar-refractivity contribution < 1.29 is 9.21 Å². The van der Waals surface area contributed by atoms with Crippen molar-refractivity contribution in [1.82, 2.24) is 5.32 Å². The Morgan fingerprint density at radius 1 is 1.64 bits per heavy atom. The first kappa shape index (κ1) is 10.4. The van der Waals surface area contributed by atoms with Gasteiger partial charge in [0.25, 0.3) is 5.91 Å². The summed E-state index contributed by atoms with van der Waals surface area (Å²) in [6.45, 7) is 2.45. The number of nitrogens with one attached hydrogen (secondary N) is 1. The maximum Gasteiger partial charge on any atom is 0.287 e. The molecule has 1 aromatic heterocycles. The predicted molar refractivity (Wildman–Crippen MR) is 53.9 cm³/mol. The minimum Gasteiger partial charge on any atom is -0.456 e. The molecule has 0 unspecified atom stereocenters. The van der Waals surface area contributed by atoms with Gasteiger partial charge in [0.05, 0.1) is 0 Å². The molecular formula is C11H13NO2. The molecule has 0 fully saturated rings. The average Bonchev–Trinajstić information content (AvgIpc) is 2.66. The van der Waals surface area contributed by atoms with Gasteiger partial charge in [-0.1, -0.05) is 6.92 Å². The summed E-state index contributed by atoms with van der Waals surface area (Å²) >= 11 is 0. The molecule has 0 spiro atoms. The number of hydrogen-bond donors (Lipinski definition) is 1. The number of furan rings is 1. The van der Waals surface area contributed by atoms with Crippen LogP contribution in [0.25, 0.3) is 0 Å². The van der Waals surface area contributed by atoms with E-state index in [0.717, 1.165) is 12.2 Å². The molecule has 0 radical (unpaired) electrons. The highest BCUT2D eigenvalue weighted by Gasteiger charge is 2.08. The molecular weight excluding hydrogens is 178 g/mol. The Bertz CT molecular complexity index is 346. The second-order valence-corrected chi connectivity index (χ2v) is 2.83. The number of carbonyl (C=O) groups is 1. The highest BCUT2D eigenvalue weighted by Crippen LogP contribution is 2.07. The van der Waals surface area contributed by atoms with Crippen molar-refractivity contribution in [3.05, 3.63) is 23.7 Å². The maximum atomic E-state index is 11.4. The fourth-order valence-corrected chi connectivity index (χ4v) is 1.03. The van der Waals surface area contributed by atoms with Crippen LogP contribution < -0.4 is 5.32 Å². The molecule has 0 aromatic carbocycles. The van der Waals surface area contributed by atoms with Gasteiger partial charge in [-0.3, -0.25) is 4.79 Å². The number of amides is 1. The van der Waals surface area contributed by atoms with Gasteiger partial charge in [-0.2, -0.15) is 0 Å². The fourth-order valence-electron chi connectivity index (χ4n) is 1.03. The highest BCUT2D eigenvalue weighted by atomic mass is 16.3. The van der Waals surface area contributed by atoms with Crippen molar-refractivity contribution in [2.24, 2.45) is 0 Å². The Kier molecular flexibility index (Phi) is 3.81. The van der Waals surface area contributed by atoms with Crippen LogP contribution in [-0.4, -0.2) is 12.5 Å². The van der Waals surface area contributed by atoms with E-state index in [-0.39, 0.29) is 5.91 Å². The summed E-state index contributed by atoms with van der Waals surface area (Å²) in [5, 5.41) is 2.66. The lowest BCUT2D eigenvalue weighted by molar-refractivity contribution is 0.0925. The topological polar surface area (TPSA) is 42.2 Å². The Morgan fingerprint density at radius 2 is 2.43 bits per heavy atom. The molecule has 14 heavy (non-hydrogen) atoms. The van der Waals surface area contributed by atoms with E-state index >= 15 is 0 Å². The molecule has 1 aromatic rings. The number of aryl methyl sites for hydroxylation is 1. The first-order chi connectivity index (χ1) is 6.77. The Labute approximate surface area is 83.5 Å². The van der Waals surface area contributed by atoms with Crippen LogP contribution in [0, 0.1) is 12.3 Å². The van der Waals surface area contributed by atoms with Crippen LogP contribution in [0.4, 0.5) is 0 Å². The van der Waals surface area contributed by atoms with Crippen LogP contribution in [0.1, 0.15) is 29.7 Å². The summed E-state index contributed by atoms with van der Waals surface area (Å²) in [7, 11) is 0. The molecule has 3 nitrogen and oxygen atoms in total. The monoisotopic (exact) mass is 191 g/mol. The van der Waals surface area contributed by atoms with Crippen molar-refractivity contribution in [3.63, 3.8) is 0 Å². The van der Waals surface area contributed by atoms with E-state index in [1.807, 2.05) is 6.92 Å². The van der Waals surface area contributed by atoms with E-state index < -0.39 is 0 Å². The van der Waals surface area contributed by atoms with Crippen molar-refractivity contribution >= 4 is 5.91 Å². The number of rotatable bonds is 4. The summed E-state index contributed by atoms with van der Waals surface area (Å²) in [5.41, 5.74) is 0. The van der Waals surface area contributed by atoms with Crippen LogP contribution in [-0.2, 0) is 6.42 Å². The van der Waals surface area contributed by atoms with E-state index in [1.54, 1.807) is 12.1 Å². The standard InChI is InChI=1S/C11H13NO2/c1-3-5-8-12-11(13)10-7-6-9(4-2)14-10/h1,6-7H,4-5,8H2,2H3,(H,12,13). The van der Waals surface area contributed by atoms with Gasteiger partial charge < -0.3 is 9.73 Å². The minimum absolute atomic E-state index is 0.208. The molecule has 0 aliphatic carbocycles. The van der Waals surface area contributed by atoms with E-state index in [4.69, 9.17) is 10.8 Å². The minimum atomic E-state index is -0.208. The van der Waals surface area contributed by atoms with E-state index in [9.17, 15) is 4.79 Å². The Morgan fingerprint density at radius 3 is 3.00 bits per heavy atom. The first-order valence-electron chi connectivity index (χ1n) is 4.58. The van der Waals surface area contributed by atoms with Gasteiger partial charge in [0, 0.05) is 19.4 Å². The Hall–Kier alpha value is -1.69. The lowest BCUT2D eigenvalue weighted by Crippen LogP contribution is -2.23. The van der Waals surface area contributed by atoms with Crippen LogP contribution in [0.5, 0.6) is 0 Å². The first-order valence-corrected chi connectivity index (χ1v) is 4.58. The lowest BCUT2D eigenvalue weighted by atomic mass is 10.3. The second-order valence-electron chi connectivity index (χ2n) is 2.83. The highest BCUT2D eigenvalue weighted by molar-refractivity contribution is 5.91. The third kappa shape index (κ3) is 2.67. The summed E-state index contributed by atoms with van der Waals surface area (Å²) in [6, 6.07) is 3.47. The normalized spacial score (nSPS) is 9.43. The largest absolute Gasteiger partial charge is 0.456 e. The van der Waals surface area contributed by atoms with Gasteiger partial charge >= 0.3 is 0 Å². The molecule has 0 saturated carbocycles. The zero-order valence-electron chi connectivity index (χ0n) is 8.17. The number of carbonyl (C=O) groups excluding carboxylic acids is 1. The van der Waals surface area contributed by atoms with Gasteiger partial charge in [-0.05, 0) is 12.1 Å². The van der Waals surface area contributed by atoms with Crippen molar-refractivity contribution in [3.8, 4) is 12.3 Å². The molecule has 0 atom stereocenters. The summed E-state index contributed by atoms with van der Waals surface area (Å²) in [4.78, 5) is 11.4. The molecule has 1 amide bonds. The third-order valence-electron chi connectivity index (χ3n) is 1.79. The molecule has 1 rings (SSSR count). The zero-order chi connectivity index (χ0) is 10.4. The van der Waals surface area contributed by atoms with Crippen LogP contribution in [0.3, 0.4) is 0 Å². The number of hydrogen-bond acceptors (Lipinski definition) is 2.